The van der Waals surface area contributed by atoms with E-state index in [9.17, 15) is 29.1 Å². The van der Waals surface area contributed by atoms with Gasteiger partial charge in [0.05, 0.1) is 12.5 Å². The Labute approximate surface area is 220 Å². The van der Waals surface area contributed by atoms with Gasteiger partial charge in [0.15, 0.2) is 0 Å². The number of nitrogens with two attached hydrogens (primary N) is 1. The minimum atomic E-state index is -1.42. The Bertz CT molecular complexity index is 1170. The molecular formula is C26H36N6O6. The number of aromatic amines is 1. The van der Waals surface area contributed by atoms with Crippen molar-refractivity contribution in [3.05, 3.63) is 36.0 Å². The molecule has 4 atom stereocenters. The van der Waals surface area contributed by atoms with Gasteiger partial charge in [0, 0.05) is 23.5 Å². The highest BCUT2D eigenvalue weighted by molar-refractivity contribution is 5.96. The summed E-state index contributed by atoms with van der Waals surface area (Å²) in [4.78, 5) is 65.8. The molecule has 0 saturated carbocycles. The summed E-state index contributed by atoms with van der Waals surface area (Å²) in [5.74, 6) is -4.00. The van der Waals surface area contributed by atoms with E-state index in [1.807, 2.05) is 38.1 Å². The number of hydrogen-bond donors (Lipinski definition) is 7. The van der Waals surface area contributed by atoms with Crippen molar-refractivity contribution in [3.63, 3.8) is 0 Å². The standard InChI is InChI=1S/C26H36N6O6/c1-14(2)10-21(26(37)38)32-25(36)20(12-22(27)33)31-24(35)19(30-23(34)18-8-5-9-28-18)11-15-13-29-17-7-4-3-6-16(15)17/h3-4,6-7,13-14,18-21,28-29H,5,8-12H2,1-2H3,(H2,27,33)(H,30,34)(H,31,35)(H,32,36)(H,37,38). The minimum absolute atomic E-state index is 0.0273. The highest BCUT2D eigenvalue weighted by atomic mass is 16.4. The van der Waals surface area contributed by atoms with E-state index in [1.165, 1.54) is 0 Å². The van der Waals surface area contributed by atoms with Gasteiger partial charge in [0.1, 0.15) is 18.1 Å². The fourth-order valence-corrected chi connectivity index (χ4v) is 4.56. The number of primary amides is 1. The van der Waals surface area contributed by atoms with E-state index in [4.69, 9.17) is 5.73 Å². The van der Waals surface area contributed by atoms with Crippen LogP contribution in [0.15, 0.2) is 30.5 Å². The lowest BCUT2D eigenvalue weighted by molar-refractivity contribution is -0.143. The number of nitrogens with one attached hydrogen (secondary N) is 5. The minimum Gasteiger partial charge on any atom is -0.480 e. The van der Waals surface area contributed by atoms with E-state index in [2.05, 4.69) is 26.3 Å². The van der Waals surface area contributed by atoms with Gasteiger partial charge < -0.3 is 37.1 Å². The monoisotopic (exact) mass is 528 g/mol. The van der Waals surface area contributed by atoms with Crippen molar-refractivity contribution in [3.8, 4) is 0 Å². The summed E-state index contributed by atoms with van der Waals surface area (Å²) in [6, 6.07) is 3.38. The summed E-state index contributed by atoms with van der Waals surface area (Å²) in [6.45, 7) is 4.31. The average Bonchev–Trinajstić information content (AvgIpc) is 3.53. The number of amides is 4. The number of rotatable bonds is 13. The molecule has 206 valence electrons. The number of benzene rings is 1. The summed E-state index contributed by atoms with van der Waals surface area (Å²) < 4.78 is 0. The smallest absolute Gasteiger partial charge is 0.326 e. The second-order valence-corrected chi connectivity index (χ2v) is 10.0. The van der Waals surface area contributed by atoms with Crippen molar-refractivity contribution in [2.75, 3.05) is 6.54 Å². The zero-order valence-electron chi connectivity index (χ0n) is 21.6. The highest BCUT2D eigenvalue weighted by Gasteiger charge is 2.32. The van der Waals surface area contributed by atoms with E-state index < -0.39 is 54.3 Å². The molecule has 2 aromatic rings. The molecule has 1 aromatic carbocycles. The first kappa shape index (κ1) is 28.6. The van der Waals surface area contributed by atoms with Crippen LogP contribution < -0.4 is 27.0 Å². The number of carboxylic acids is 1. The molecule has 3 rings (SSSR count). The maximum atomic E-state index is 13.4. The molecule has 4 unspecified atom stereocenters. The fourth-order valence-electron chi connectivity index (χ4n) is 4.56. The lowest BCUT2D eigenvalue weighted by atomic mass is 10.0. The number of H-pyrrole nitrogens is 1. The van der Waals surface area contributed by atoms with Gasteiger partial charge in [-0.15, -0.1) is 0 Å². The van der Waals surface area contributed by atoms with Crippen LogP contribution in [-0.4, -0.2) is 70.4 Å². The maximum absolute atomic E-state index is 13.4. The van der Waals surface area contributed by atoms with E-state index in [-0.39, 0.29) is 24.7 Å². The topological polar surface area (TPSA) is 196 Å². The quantitative estimate of drug-likeness (QED) is 0.189. The SMILES string of the molecule is CC(C)CC(NC(=O)C(CC(N)=O)NC(=O)C(Cc1c[nH]c2ccccc12)NC(=O)C1CCCN1)C(=O)O. The Hall–Kier alpha value is -3.93. The lowest BCUT2D eigenvalue weighted by Crippen LogP contribution is -2.58. The second-order valence-electron chi connectivity index (χ2n) is 10.0. The van der Waals surface area contributed by atoms with Crippen LogP contribution in [0.25, 0.3) is 10.9 Å². The number of aliphatic carboxylic acids is 1. The average molecular weight is 529 g/mol. The zero-order chi connectivity index (χ0) is 27.8. The summed E-state index contributed by atoms with van der Waals surface area (Å²) in [7, 11) is 0. The molecule has 0 aliphatic carbocycles. The molecule has 12 nitrogen and oxygen atoms in total. The molecular weight excluding hydrogens is 492 g/mol. The molecule has 1 saturated heterocycles. The third-order valence-corrected chi connectivity index (χ3v) is 6.47. The van der Waals surface area contributed by atoms with Gasteiger partial charge in [0.2, 0.25) is 23.6 Å². The van der Waals surface area contributed by atoms with Crippen molar-refractivity contribution in [2.24, 2.45) is 11.7 Å². The summed E-state index contributed by atoms with van der Waals surface area (Å²) in [5, 5.41) is 21.1. The van der Waals surface area contributed by atoms with Crippen LogP contribution in [0.1, 0.15) is 45.1 Å². The predicted octanol–water partition coefficient (Wildman–Crippen LogP) is -0.0771. The third-order valence-electron chi connectivity index (χ3n) is 6.47. The molecule has 4 amide bonds. The van der Waals surface area contributed by atoms with Crippen LogP contribution in [0.4, 0.5) is 0 Å². The lowest BCUT2D eigenvalue weighted by Gasteiger charge is -2.25. The molecule has 12 heteroatoms. The van der Waals surface area contributed by atoms with Crippen LogP contribution in [-0.2, 0) is 30.4 Å². The molecule has 2 heterocycles. The summed E-state index contributed by atoms with van der Waals surface area (Å²) >= 11 is 0. The van der Waals surface area contributed by atoms with Crippen molar-refractivity contribution in [1.29, 1.82) is 0 Å². The Morgan fingerprint density at radius 3 is 2.34 bits per heavy atom. The summed E-state index contributed by atoms with van der Waals surface area (Å²) in [5.41, 5.74) is 6.96. The molecule has 0 spiro atoms. The Balaban J connectivity index is 1.81. The zero-order valence-corrected chi connectivity index (χ0v) is 21.6. The van der Waals surface area contributed by atoms with Crippen molar-refractivity contribution >= 4 is 40.5 Å². The summed E-state index contributed by atoms with van der Waals surface area (Å²) in [6.07, 6.45) is 2.95. The number of hydrogen-bond acceptors (Lipinski definition) is 6. The van der Waals surface area contributed by atoms with Crippen molar-refractivity contribution < 1.29 is 29.1 Å². The van der Waals surface area contributed by atoms with Gasteiger partial charge in [-0.05, 0) is 43.4 Å². The molecule has 1 aliphatic heterocycles. The van der Waals surface area contributed by atoms with Gasteiger partial charge in [-0.3, -0.25) is 19.2 Å². The molecule has 1 aromatic heterocycles. The van der Waals surface area contributed by atoms with Crippen LogP contribution >= 0.6 is 0 Å². The first-order chi connectivity index (χ1) is 18.0. The fraction of sp³-hybridized carbons (Fsp3) is 0.500. The number of fused-ring (bicyclic) bond motifs is 1. The first-order valence-corrected chi connectivity index (χ1v) is 12.8. The van der Waals surface area contributed by atoms with E-state index in [0.29, 0.717) is 13.0 Å². The third kappa shape index (κ3) is 7.78. The van der Waals surface area contributed by atoms with Crippen LogP contribution in [0.3, 0.4) is 0 Å². The van der Waals surface area contributed by atoms with Crippen LogP contribution in [0.5, 0.6) is 0 Å². The van der Waals surface area contributed by atoms with E-state index in [1.54, 1.807) is 6.20 Å². The Morgan fingerprint density at radius 2 is 1.71 bits per heavy atom. The largest absolute Gasteiger partial charge is 0.480 e. The first-order valence-electron chi connectivity index (χ1n) is 12.8. The molecule has 38 heavy (non-hydrogen) atoms. The van der Waals surface area contributed by atoms with Crippen LogP contribution in [0.2, 0.25) is 0 Å². The normalized spacial score (nSPS) is 17.5. The molecule has 0 radical (unpaired) electrons. The number of carbonyl (C=O) groups is 5. The van der Waals surface area contributed by atoms with Gasteiger partial charge >= 0.3 is 5.97 Å². The maximum Gasteiger partial charge on any atom is 0.326 e. The number of aromatic nitrogens is 1. The number of para-hydroxylation sites is 1. The molecule has 8 N–H and O–H groups in total. The molecule has 1 fully saturated rings. The van der Waals surface area contributed by atoms with E-state index in [0.717, 1.165) is 22.9 Å². The van der Waals surface area contributed by atoms with Crippen LogP contribution in [0, 0.1) is 5.92 Å². The van der Waals surface area contributed by atoms with Gasteiger partial charge in [-0.25, -0.2) is 4.79 Å². The molecule has 0 bridgehead atoms. The van der Waals surface area contributed by atoms with Gasteiger partial charge in [-0.1, -0.05) is 32.0 Å². The molecule has 1 aliphatic rings. The van der Waals surface area contributed by atoms with E-state index >= 15 is 0 Å². The predicted molar refractivity (Wildman–Crippen MR) is 140 cm³/mol. The Morgan fingerprint density at radius 1 is 1.03 bits per heavy atom. The number of carboxylic acid groups (broad SMARTS) is 1. The number of carbonyl (C=O) groups excluding carboxylic acids is 4. The Kier molecular flexibility index (Phi) is 9.83. The highest BCUT2D eigenvalue weighted by Crippen LogP contribution is 2.19. The van der Waals surface area contributed by atoms with Crippen molar-refractivity contribution in [1.82, 2.24) is 26.3 Å². The second kappa shape index (κ2) is 13.0. The van der Waals surface area contributed by atoms with Gasteiger partial charge in [0.25, 0.3) is 0 Å². The van der Waals surface area contributed by atoms with Gasteiger partial charge in [-0.2, -0.15) is 0 Å². The van der Waals surface area contributed by atoms with Crippen molar-refractivity contribution in [2.45, 2.75) is 70.1 Å².